The Balaban J connectivity index is 2.17. The average molecular weight is 210 g/mol. The van der Waals surface area contributed by atoms with Crippen molar-refractivity contribution in [3.05, 3.63) is 0 Å². The second-order valence-electron chi connectivity index (χ2n) is 6.33. The first-order valence-corrected chi connectivity index (χ1v) is 6.70. The summed E-state index contributed by atoms with van der Waals surface area (Å²) in [5, 5.41) is 9.37. The van der Waals surface area contributed by atoms with Crippen molar-refractivity contribution < 1.29 is 5.11 Å². The van der Waals surface area contributed by atoms with Gasteiger partial charge in [0.15, 0.2) is 0 Å². The standard InChI is InChI=1S/C14H26O/c1-10-5-4-8-14(3)12(10)6-7-13(14)11(2)9-15/h10-13,15H,4-9H2,1-3H3/t10-,11+,12?,13?,14-/m0/s1. The zero-order valence-corrected chi connectivity index (χ0v) is 10.5. The van der Waals surface area contributed by atoms with Crippen LogP contribution >= 0.6 is 0 Å². The maximum absolute atomic E-state index is 9.37. The van der Waals surface area contributed by atoms with E-state index < -0.39 is 0 Å². The maximum Gasteiger partial charge on any atom is 0.0459 e. The highest BCUT2D eigenvalue weighted by Gasteiger charge is 2.51. The first-order chi connectivity index (χ1) is 7.09. The van der Waals surface area contributed by atoms with Gasteiger partial charge in [0.05, 0.1) is 0 Å². The van der Waals surface area contributed by atoms with Crippen molar-refractivity contribution >= 4 is 0 Å². The number of hydrogen-bond acceptors (Lipinski definition) is 1. The van der Waals surface area contributed by atoms with Crippen molar-refractivity contribution in [1.29, 1.82) is 0 Å². The highest BCUT2D eigenvalue weighted by atomic mass is 16.3. The van der Waals surface area contributed by atoms with Crippen LogP contribution in [0, 0.1) is 29.1 Å². The van der Waals surface area contributed by atoms with Gasteiger partial charge in [-0.05, 0) is 48.3 Å². The van der Waals surface area contributed by atoms with E-state index in [9.17, 15) is 5.11 Å². The maximum atomic E-state index is 9.37. The molecule has 0 aromatic heterocycles. The molecule has 0 amide bonds. The molecule has 2 unspecified atom stereocenters. The fourth-order valence-electron chi connectivity index (χ4n) is 4.67. The Kier molecular flexibility index (Phi) is 3.12. The summed E-state index contributed by atoms with van der Waals surface area (Å²) in [4.78, 5) is 0. The van der Waals surface area contributed by atoms with Crippen LogP contribution in [-0.4, -0.2) is 11.7 Å². The lowest BCUT2D eigenvalue weighted by Crippen LogP contribution is -2.38. The van der Waals surface area contributed by atoms with Crippen molar-refractivity contribution in [3.8, 4) is 0 Å². The third kappa shape index (κ3) is 1.73. The Morgan fingerprint density at radius 2 is 2.07 bits per heavy atom. The van der Waals surface area contributed by atoms with Crippen LogP contribution in [0.1, 0.15) is 52.9 Å². The van der Waals surface area contributed by atoms with Gasteiger partial charge in [-0.1, -0.05) is 33.6 Å². The van der Waals surface area contributed by atoms with Gasteiger partial charge in [0, 0.05) is 6.61 Å². The fourth-order valence-corrected chi connectivity index (χ4v) is 4.67. The molecule has 0 heterocycles. The summed E-state index contributed by atoms with van der Waals surface area (Å²) in [7, 11) is 0. The lowest BCUT2D eigenvalue weighted by molar-refractivity contribution is 0.0229. The van der Waals surface area contributed by atoms with Crippen molar-refractivity contribution in [2.45, 2.75) is 52.9 Å². The minimum Gasteiger partial charge on any atom is -0.396 e. The van der Waals surface area contributed by atoms with E-state index in [0.29, 0.717) is 17.9 Å². The molecule has 1 heteroatoms. The van der Waals surface area contributed by atoms with E-state index >= 15 is 0 Å². The van der Waals surface area contributed by atoms with E-state index in [2.05, 4.69) is 20.8 Å². The molecule has 2 rings (SSSR count). The minimum atomic E-state index is 0.376. The third-order valence-electron chi connectivity index (χ3n) is 5.52. The van der Waals surface area contributed by atoms with E-state index in [1.165, 1.54) is 32.1 Å². The van der Waals surface area contributed by atoms with Gasteiger partial charge in [0.25, 0.3) is 0 Å². The topological polar surface area (TPSA) is 20.2 Å². The Bertz CT molecular complexity index is 225. The molecule has 0 bridgehead atoms. The van der Waals surface area contributed by atoms with Crippen molar-refractivity contribution in [2.75, 3.05) is 6.61 Å². The summed E-state index contributed by atoms with van der Waals surface area (Å²) in [5.74, 6) is 3.13. The fraction of sp³-hybridized carbons (Fsp3) is 1.00. The molecular weight excluding hydrogens is 184 g/mol. The highest BCUT2D eigenvalue weighted by Crippen LogP contribution is 2.59. The highest BCUT2D eigenvalue weighted by molar-refractivity contribution is 5.00. The lowest BCUT2D eigenvalue weighted by atomic mass is 9.60. The van der Waals surface area contributed by atoms with Gasteiger partial charge in [0.2, 0.25) is 0 Å². The molecular formula is C14H26O. The zero-order valence-electron chi connectivity index (χ0n) is 10.5. The molecule has 1 N–H and O–H groups in total. The molecule has 2 aliphatic carbocycles. The largest absolute Gasteiger partial charge is 0.396 e. The monoisotopic (exact) mass is 210 g/mol. The number of rotatable bonds is 2. The van der Waals surface area contributed by atoms with E-state index in [4.69, 9.17) is 0 Å². The van der Waals surface area contributed by atoms with Crippen LogP contribution in [0.15, 0.2) is 0 Å². The SMILES string of the molecule is C[C@H](CO)C1CCC2[C@@H](C)CCC[C@]12C. The molecule has 0 radical (unpaired) electrons. The number of fused-ring (bicyclic) bond motifs is 1. The first-order valence-electron chi connectivity index (χ1n) is 6.70. The molecule has 5 atom stereocenters. The quantitative estimate of drug-likeness (QED) is 0.740. The van der Waals surface area contributed by atoms with Gasteiger partial charge in [-0.2, -0.15) is 0 Å². The van der Waals surface area contributed by atoms with E-state index in [-0.39, 0.29) is 0 Å². The van der Waals surface area contributed by atoms with Crippen molar-refractivity contribution in [3.63, 3.8) is 0 Å². The smallest absolute Gasteiger partial charge is 0.0459 e. The summed E-state index contributed by atoms with van der Waals surface area (Å²) in [6.45, 7) is 7.55. The van der Waals surface area contributed by atoms with Crippen LogP contribution in [0.4, 0.5) is 0 Å². The van der Waals surface area contributed by atoms with E-state index in [1.54, 1.807) is 0 Å². The molecule has 0 aliphatic heterocycles. The normalized spacial score (nSPS) is 47.6. The third-order valence-corrected chi connectivity index (χ3v) is 5.52. The van der Waals surface area contributed by atoms with Crippen LogP contribution < -0.4 is 0 Å². The molecule has 15 heavy (non-hydrogen) atoms. The Hall–Kier alpha value is -0.0400. The zero-order chi connectivity index (χ0) is 11.1. The second-order valence-corrected chi connectivity index (χ2v) is 6.33. The molecule has 2 fully saturated rings. The summed E-state index contributed by atoms with van der Waals surface area (Å²) in [5.41, 5.74) is 0.541. The van der Waals surface area contributed by atoms with Crippen molar-refractivity contribution in [2.24, 2.45) is 29.1 Å². The van der Waals surface area contributed by atoms with Crippen LogP contribution in [-0.2, 0) is 0 Å². The Labute approximate surface area is 94.3 Å². The number of aliphatic hydroxyl groups excluding tert-OH is 1. The predicted molar refractivity (Wildman–Crippen MR) is 63.6 cm³/mol. The van der Waals surface area contributed by atoms with Gasteiger partial charge >= 0.3 is 0 Å². The van der Waals surface area contributed by atoms with Gasteiger partial charge < -0.3 is 5.11 Å². The number of hydrogen-bond donors (Lipinski definition) is 1. The van der Waals surface area contributed by atoms with Crippen LogP contribution in [0.2, 0.25) is 0 Å². The van der Waals surface area contributed by atoms with Gasteiger partial charge in [-0.25, -0.2) is 0 Å². The second kappa shape index (κ2) is 4.08. The Morgan fingerprint density at radius 1 is 1.33 bits per heavy atom. The Morgan fingerprint density at radius 3 is 2.73 bits per heavy atom. The van der Waals surface area contributed by atoms with Crippen LogP contribution in [0.3, 0.4) is 0 Å². The van der Waals surface area contributed by atoms with E-state index in [0.717, 1.165) is 17.8 Å². The molecule has 88 valence electrons. The lowest BCUT2D eigenvalue weighted by Gasteiger charge is -2.45. The molecule has 0 spiro atoms. The van der Waals surface area contributed by atoms with Crippen LogP contribution in [0.25, 0.3) is 0 Å². The molecule has 1 nitrogen and oxygen atoms in total. The summed E-state index contributed by atoms with van der Waals surface area (Å²) in [6.07, 6.45) is 7.00. The predicted octanol–water partition coefficient (Wildman–Crippen LogP) is 3.47. The summed E-state index contributed by atoms with van der Waals surface area (Å²) in [6, 6.07) is 0. The molecule has 0 aromatic carbocycles. The van der Waals surface area contributed by atoms with Gasteiger partial charge in [-0.15, -0.1) is 0 Å². The first kappa shape index (κ1) is 11.4. The molecule has 2 saturated carbocycles. The average Bonchev–Trinajstić information content (AvgIpc) is 2.56. The molecule has 0 saturated heterocycles. The van der Waals surface area contributed by atoms with Gasteiger partial charge in [0.1, 0.15) is 0 Å². The van der Waals surface area contributed by atoms with Gasteiger partial charge in [-0.3, -0.25) is 0 Å². The summed E-state index contributed by atoms with van der Waals surface area (Å²) < 4.78 is 0. The summed E-state index contributed by atoms with van der Waals surface area (Å²) >= 11 is 0. The molecule has 2 aliphatic rings. The minimum absolute atomic E-state index is 0.376. The van der Waals surface area contributed by atoms with E-state index in [1.807, 2.05) is 0 Å². The molecule has 0 aromatic rings. The number of aliphatic hydroxyl groups is 1. The van der Waals surface area contributed by atoms with Crippen molar-refractivity contribution in [1.82, 2.24) is 0 Å². The van der Waals surface area contributed by atoms with Crippen LogP contribution in [0.5, 0.6) is 0 Å².